The molecule has 0 aromatic heterocycles. The van der Waals surface area contributed by atoms with Crippen molar-refractivity contribution in [1.29, 1.82) is 0 Å². The second kappa shape index (κ2) is 7.06. The fourth-order valence-electron chi connectivity index (χ4n) is 1.31. The summed E-state index contributed by atoms with van der Waals surface area (Å²) in [7, 11) is 0. The topological polar surface area (TPSA) is 63.6 Å². The highest BCUT2D eigenvalue weighted by atomic mass is 16.5. The number of para-hydroxylation sites is 1. The van der Waals surface area contributed by atoms with Crippen molar-refractivity contribution < 1.29 is 19.4 Å². The Morgan fingerprint density at radius 2 is 1.89 bits per heavy atom. The van der Waals surface area contributed by atoms with Gasteiger partial charge in [-0.1, -0.05) is 37.3 Å². The lowest BCUT2D eigenvalue weighted by Crippen LogP contribution is -2.05. The first-order chi connectivity index (χ1) is 8.63. The number of hydrogen-bond donors (Lipinski definition) is 1. The molecular weight excluding hydrogens is 232 g/mol. The number of esters is 1. The summed E-state index contributed by atoms with van der Waals surface area (Å²) < 4.78 is 5.14. The number of benzene rings is 1. The number of carbonyl (C=O) groups is 2. The van der Waals surface area contributed by atoms with Crippen LogP contribution in [0.4, 0.5) is 0 Å². The zero-order chi connectivity index (χ0) is 13.4. The van der Waals surface area contributed by atoms with E-state index >= 15 is 0 Å². The maximum atomic E-state index is 11.4. The number of rotatable bonds is 5. The quantitative estimate of drug-likeness (QED) is 0.375. The Balaban J connectivity index is 2.62. The van der Waals surface area contributed by atoms with Crippen molar-refractivity contribution in [2.75, 3.05) is 0 Å². The number of allylic oxidation sites excluding steroid dienone is 2. The summed E-state index contributed by atoms with van der Waals surface area (Å²) in [6.07, 6.45) is 5.46. The van der Waals surface area contributed by atoms with E-state index in [0.29, 0.717) is 5.75 Å². The first kappa shape index (κ1) is 13.7. The van der Waals surface area contributed by atoms with E-state index in [0.717, 1.165) is 18.1 Å². The summed E-state index contributed by atoms with van der Waals surface area (Å²) in [6.45, 7) is 1.97. The molecule has 0 aliphatic rings. The van der Waals surface area contributed by atoms with Crippen molar-refractivity contribution in [2.24, 2.45) is 0 Å². The van der Waals surface area contributed by atoms with Gasteiger partial charge in [-0.15, -0.1) is 0 Å². The molecule has 0 radical (unpaired) electrons. The second-order valence-electron chi connectivity index (χ2n) is 3.44. The van der Waals surface area contributed by atoms with Crippen LogP contribution in [0.5, 0.6) is 5.75 Å². The third-order valence-electron chi connectivity index (χ3n) is 2.15. The smallest absolute Gasteiger partial charge is 0.336 e. The van der Waals surface area contributed by atoms with Gasteiger partial charge in [-0.2, -0.15) is 0 Å². The van der Waals surface area contributed by atoms with Crippen molar-refractivity contribution >= 4 is 11.9 Å². The van der Waals surface area contributed by atoms with Crippen LogP contribution in [0.3, 0.4) is 0 Å². The molecule has 0 aliphatic heterocycles. The molecule has 4 heteroatoms. The first-order valence-electron chi connectivity index (χ1n) is 5.51. The van der Waals surface area contributed by atoms with Crippen LogP contribution in [0, 0.1) is 0 Å². The Morgan fingerprint density at radius 1 is 1.22 bits per heavy atom. The van der Waals surface area contributed by atoms with Gasteiger partial charge in [-0.3, -0.25) is 0 Å². The minimum absolute atomic E-state index is 0.525. The zero-order valence-electron chi connectivity index (χ0n) is 10.00. The first-order valence-corrected chi connectivity index (χ1v) is 5.51. The van der Waals surface area contributed by atoms with Gasteiger partial charge in [0.15, 0.2) is 0 Å². The standard InChI is InChI=1S/C14H14O4/c1-2-11-7-3-4-8-12(11)18-14(17)10-6-5-9-13(15)16/h3-10H,2H2,1H3,(H,15,16). The summed E-state index contributed by atoms with van der Waals surface area (Å²) in [5.74, 6) is -1.08. The van der Waals surface area contributed by atoms with Crippen LogP contribution in [0.15, 0.2) is 48.6 Å². The molecule has 1 aromatic rings. The van der Waals surface area contributed by atoms with Gasteiger partial charge >= 0.3 is 11.9 Å². The van der Waals surface area contributed by atoms with Crippen LogP contribution in [-0.4, -0.2) is 17.0 Å². The van der Waals surface area contributed by atoms with E-state index in [-0.39, 0.29) is 0 Å². The minimum atomic E-state index is -1.07. The van der Waals surface area contributed by atoms with E-state index < -0.39 is 11.9 Å². The summed E-state index contributed by atoms with van der Waals surface area (Å²) in [6, 6.07) is 7.27. The van der Waals surface area contributed by atoms with Crippen molar-refractivity contribution in [3.8, 4) is 5.75 Å². The second-order valence-corrected chi connectivity index (χ2v) is 3.44. The molecule has 1 N–H and O–H groups in total. The summed E-state index contributed by atoms with van der Waals surface area (Å²) in [4.78, 5) is 21.6. The molecule has 0 heterocycles. The molecule has 0 amide bonds. The summed E-state index contributed by atoms with van der Waals surface area (Å²) in [5, 5.41) is 8.35. The Morgan fingerprint density at radius 3 is 2.56 bits per heavy atom. The molecule has 0 spiro atoms. The maximum Gasteiger partial charge on any atom is 0.336 e. The monoisotopic (exact) mass is 246 g/mol. The van der Waals surface area contributed by atoms with Crippen molar-refractivity contribution in [2.45, 2.75) is 13.3 Å². The molecule has 0 saturated heterocycles. The van der Waals surface area contributed by atoms with Crippen molar-refractivity contribution in [1.82, 2.24) is 0 Å². The Hall–Kier alpha value is -2.36. The molecular formula is C14H14O4. The number of carbonyl (C=O) groups excluding carboxylic acids is 1. The molecule has 0 saturated carbocycles. The van der Waals surface area contributed by atoms with Gasteiger partial charge in [-0.25, -0.2) is 9.59 Å². The SMILES string of the molecule is CCc1ccccc1OC(=O)C=CC=CC(=O)O. The average molecular weight is 246 g/mol. The number of hydrogen-bond acceptors (Lipinski definition) is 3. The van der Waals surface area contributed by atoms with Gasteiger partial charge in [0, 0.05) is 12.2 Å². The van der Waals surface area contributed by atoms with E-state index in [4.69, 9.17) is 9.84 Å². The van der Waals surface area contributed by atoms with E-state index in [9.17, 15) is 9.59 Å². The van der Waals surface area contributed by atoms with Crippen molar-refractivity contribution in [3.63, 3.8) is 0 Å². The van der Waals surface area contributed by atoms with Crippen LogP contribution < -0.4 is 4.74 Å². The normalized spacial score (nSPS) is 10.9. The number of carboxylic acid groups (broad SMARTS) is 1. The molecule has 0 bridgehead atoms. The largest absolute Gasteiger partial charge is 0.478 e. The molecule has 0 atom stereocenters. The fraction of sp³-hybridized carbons (Fsp3) is 0.143. The minimum Gasteiger partial charge on any atom is -0.478 e. The van der Waals surface area contributed by atoms with Gasteiger partial charge in [0.2, 0.25) is 0 Å². The third kappa shape index (κ3) is 4.65. The van der Waals surface area contributed by atoms with Gasteiger partial charge < -0.3 is 9.84 Å². The fourth-order valence-corrected chi connectivity index (χ4v) is 1.31. The lowest BCUT2D eigenvalue weighted by molar-refractivity contribution is -0.131. The molecule has 94 valence electrons. The van der Waals surface area contributed by atoms with E-state index in [1.807, 2.05) is 19.1 Å². The van der Waals surface area contributed by atoms with Gasteiger partial charge in [0.25, 0.3) is 0 Å². The zero-order valence-corrected chi connectivity index (χ0v) is 10.00. The van der Waals surface area contributed by atoms with Gasteiger partial charge in [-0.05, 0) is 18.1 Å². The highest BCUT2D eigenvalue weighted by Gasteiger charge is 2.04. The van der Waals surface area contributed by atoms with Crippen LogP contribution >= 0.6 is 0 Å². The molecule has 18 heavy (non-hydrogen) atoms. The van der Waals surface area contributed by atoms with Gasteiger partial charge in [0.05, 0.1) is 0 Å². The Kier molecular flexibility index (Phi) is 5.38. The van der Waals surface area contributed by atoms with E-state index in [1.54, 1.807) is 12.1 Å². The number of aliphatic carboxylic acids is 1. The Labute approximate surface area is 105 Å². The third-order valence-corrected chi connectivity index (χ3v) is 2.15. The predicted octanol–water partition coefficient (Wildman–Crippen LogP) is 2.35. The number of ether oxygens (including phenoxy) is 1. The van der Waals surface area contributed by atoms with Crippen molar-refractivity contribution in [3.05, 3.63) is 54.1 Å². The molecule has 1 rings (SSSR count). The van der Waals surface area contributed by atoms with Crippen LogP contribution in [-0.2, 0) is 16.0 Å². The van der Waals surface area contributed by atoms with E-state index in [2.05, 4.69) is 0 Å². The van der Waals surface area contributed by atoms with Crippen LogP contribution in [0.25, 0.3) is 0 Å². The van der Waals surface area contributed by atoms with Crippen LogP contribution in [0.1, 0.15) is 12.5 Å². The molecule has 1 aromatic carbocycles. The van der Waals surface area contributed by atoms with Gasteiger partial charge in [0.1, 0.15) is 5.75 Å². The summed E-state index contributed by atoms with van der Waals surface area (Å²) in [5.41, 5.74) is 0.945. The highest BCUT2D eigenvalue weighted by molar-refractivity contribution is 5.85. The maximum absolute atomic E-state index is 11.4. The molecule has 0 fully saturated rings. The lowest BCUT2D eigenvalue weighted by atomic mass is 10.1. The van der Waals surface area contributed by atoms with Crippen LogP contribution in [0.2, 0.25) is 0 Å². The van der Waals surface area contributed by atoms with E-state index in [1.165, 1.54) is 18.2 Å². The number of aryl methyl sites for hydroxylation is 1. The lowest BCUT2D eigenvalue weighted by Gasteiger charge is -2.05. The molecule has 4 nitrogen and oxygen atoms in total. The molecule has 0 aliphatic carbocycles. The molecule has 0 unspecified atom stereocenters. The Bertz CT molecular complexity index is 486. The average Bonchev–Trinajstić information content (AvgIpc) is 2.35. The highest BCUT2D eigenvalue weighted by Crippen LogP contribution is 2.18. The number of carboxylic acids is 1. The summed E-state index contributed by atoms with van der Waals surface area (Å²) >= 11 is 0. The predicted molar refractivity (Wildman–Crippen MR) is 67.4 cm³/mol.